The molecule has 0 unspecified atom stereocenters. The van der Waals surface area contributed by atoms with E-state index in [4.69, 9.17) is 0 Å². The first-order chi connectivity index (χ1) is 8.72. The molecule has 2 heterocycles. The molecule has 0 fully saturated rings. The largest absolute Gasteiger partial charge is 0.491 e. The molecule has 0 bridgehead atoms. The third-order valence-corrected chi connectivity index (χ3v) is 2.47. The summed E-state index contributed by atoms with van der Waals surface area (Å²) in [4.78, 5) is 15.3. The molecule has 0 radical (unpaired) electrons. The zero-order valence-corrected chi connectivity index (χ0v) is 9.68. The van der Waals surface area contributed by atoms with Crippen LogP contribution in [0, 0.1) is 6.92 Å². The van der Waals surface area contributed by atoms with Gasteiger partial charge in [0.05, 0.1) is 0 Å². The number of H-pyrrole nitrogens is 1. The summed E-state index contributed by atoms with van der Waals surface area (Å²) >= 11 is 0. The smallest absolute Gasteiger partial charge is 0.257 e. The number of fused-ring (bicyclic) bond motifs is 1. The molecule has 90 valence electrons. The van der Waals surface area contributed by atoms with Gasteiger partial charge in [-0.3, -0.25) is 0 Å². The summed E-state index contributed by atoms with van der Waals surface area (Å²) in [5, 5.41) is 12.8. The number of benzene rings is 1. The standard InChI is InChI=1S/C12H11N5O/c1-7-13-9-10(14-7)17-12(18)11(16-9)15-8-5-3-2-4-6-8/h2-6H,1H3,(H3,13,14,15,16,17,18). The number of hydrogen-bond donors (Lipinski definition) is 3. The van der Waals surface area contributed by atoms with Crippen LogP contribution >= 0.6 is 0 Å². The Morgan fingerprint density at radius 3 is 2.67 bits per heavy atom. The molecule has 3 aromatic rings. The molecular formula is C12H11N5O. The fourth-order valence-electron chi connectivity index (χ4n) is 1.68. The second kappa shape index (κ2) is 3.99. The monoisotopic (exact) mass is 241 g/mol. The van der Waals surface area contributed by atoms with Gasteiger partial charge in [0.2, 0.25) is 5.65 Å². The number of aromatic amines is 1. The second-order valence-electron chi connectivity index (χ2n) is 3.88. The number of para-hydroxylation sites is 1. The summed E-state index contributed by atoms with van der Waals surface area (Å²) in [6.07, 6.45) is 0. The lowest BCUT2D eigenvalue weighted by atomic mass is 10.3. The number of aromatic hydroxyl groups is 1. The van der Waals surface area contributed by atoms with Gasteiger partial charge in [-0.15, -0.1) is 0 Å². The summed E-state index contributed by atoms with van der Waals surface area (Å²) in [5.74, 6) is 0.844. The number of nitrogens with one attached hydrogen (secondary N) is 2. The molecule has 0 aliphatic carbocycles. The zero-order chi connectivity index (χ0) is 12.5. The number of hydrogen-bond acceptors (Lipinski definition) is 5. The van der Waals surface area contributed by atoms with Crippen LogP contribution in [0.1, 0.15) is 5.82 Å². The van der Waals surface area contributed by atoms with Crippen molar-refractivity contribution in [1.82, 2.24) is 19.9 Å². The average Bonchev–Trinajstić information content (AvgIpc) is 2.70. The van der Waals surface area contributed by atoms with E-state index in [2.05, 4.69) is 25.3 Å². The third kappa shape index (κ3) is 1.84. The molecule has 0 amide bonds. The van der Waals surface area contributed by atoms with E-state index in [9.17, 15) is 5.11 Å². The lowest BCUT2D eigenvalue weighted by molar-refractivity contribution is 0.456. The minimum absolute atomic E-state index is 0.169. The molecule has 0 saturated carbocycles. The number of nitrogens with zero attached hydrogens (tertiary/aromatic N) is 3. The average molecular weight is 241 g/mol. The van der Waals surface area contributed by atoms with Crippen molar-refractivity contribution in [1.29, 1.82) is 0 Å². The SMILES string of the molecule is Cc1nc2nc(O)c(Nc3ccccc3)nc2[nH]1. The molecule has 3 rings (SSSR count). The Hall–Kier alpha value is -2.63. The van der Waals surface area contributed by atoms with Crippen molar-refractivity contribution in [2.45, 2.75) is 6.92 Å². The van der Waals surface area contributed by atoms with Gasteiger partial charge in [0.25, 0.3) is 5.88 Å². The summed E-state index contributed by atoms with van der Waals surface area (Å²) in [6.45, 7) is 1.81. The van der Waals surface area contributed by atoms with E-state index in [0.29, 0.717) is 22.9 Å². The highest BCUT2D eigenvalue weighted by Crippen LogP contribution is 2.24. The Bertz CT molecular complexity index is 692. The van der Waals surface area contributed by atoms with E-state index >= 15 is 0 Å². The molecular weight excluding hydrogens is 230 g/mol. The van der Waals surface area contributed by atoms with Crippen LogP contribution in [0.4, 0.5) is 11.5 Å². The van der Waals surface area contributed by atoms with Crippen LogP contribution in [-0.4, -0.2) is 25.0 Å². The second-order valence-corrected chi connectivity index (χ2v) is 3.88. The van der Waals surface area contributed by atoms with Crippen LogP contribution in [0.15, 0.2) is 30.3 Å². The van der Waals surface area contributed by atoms with Crippen LogP contribution < -0.4 is 5.32 Å². The van der Waals surface area contributed by atoms with Crippen LogP contribution in [-0.2, 0) is 0 Å². The highest BCUT2D eigenvalue weighted by atomic mass is 16.3. The van der Waals surface area contributed by atoms with Gasteiger partial charge < -0.3 is 15.4 Å². The first kappa shape index (κ1) is 10.5. The van der Waals surface area contributed by atoms with Gasteiger partial charge in [-0.25, -0.2) is 9.97 Å². The molecule has 18 heavy (non-hydrogen) atoms. The predicted octanol–water partition coefficient (Wildman–Crippen LogP) is 2.11. The van der Waals surface area contributed by atoms with Crippen molar-refractivity contribution < 1.29 is 5.11 Å². The number of aromatic nitrogens is 4. The highest BCUT2D eigenvalue weighted by Gasteiger charge is 2.10. The lowest BCUT2D eigenvalue weighted by Crippen LogP contribution is -1.96. The summed E-state index contributed by atoms with van der Waals surface area (Å²) < 4.78 is 0. The Balaban J connectivity index is 2.03. The molecule has 0 spiro atoms. The van der Waals surface area contributed by atoms with Gasteiger partial charge in [0, 0.05) is 5.69 Å². The van der Waals surface area contributed by atoms with Crippen molar-refractivity contribution in [3.63, 3.8) is 0 Å². The van der Waals surface area contributed by atoms with Crippen molar-refractivity contribution >= 4 is 22.8 Å². The lowest BCUT2D eigenvalue weighted by Gasteiger charge is -2.05. The van der Waals surface area contributed by atoms with Crippen molar-refractivity contribution in [3.8, 4) is 5.88 Å². The Morgan fingerprint density at radius 2 is 1.89 bits per heavy atom. The van der Waals surface area contributed by atoms with Gasteiger partial charge in [0.15, 0.2) is 11.5 Å². The first-order valence-electron chi connectivity index (χ1n) is 5.48. The molecule has 3 N–H and O–H groups in total. The maximum Gasteiger partial charge on any atom is 0.257 e. The molecule has 6 nitrogen and oxygen atoms in total. The van der Waals surface area contributed by atoms with Crippen LogP contribution in [0.3, 0.4) is 0 Å². The molecule has 0 atom stereocenters. The molecule has 0 aliphatic heterocycles. The third-order valence-electron chi connectivity index (χ3n) is 2.47. The Labute approximate surface area is 103 Å². The topological polar surface area (TPSA) is 86.7 Å². The minimum Gasteiger partial charge on any atom is -0.491 e. The molecule has 6 heteroatoms. The van der Waals surface area contributed by atoms with E-state index in [-0.39, 0.29) is 5.88 Å². The Morgan fingerprint density at radius 1 is 1.11 bits per heavy atom. The molecule has 0 saturated heterocycles. The number of anilines is 2. The number of imidazole rings is 1. The maximum absolute atomic E-state index is 9.79. The fraction of sp³-hybridized carbons (Fsp3) is 0.0833. The summed E-state index contributed by atoms with van der Waals surface area (Å²) in [7, 11) is 0. The minimum atomic E-state index is -0.169. The van der Waals surface area contributed by atoms with Gasteiger partial charge in [0.1, 0.15) is 5.82 Å². The molecule has 0 aliphatic rings. The molecule has 2 aromatic heterocycles. The normalized spacial score (nSPS) is 10.7. The fourth-order valence-corrected chi connectivity index (χ4v) is 1.68. The van der Waals surface area contributed by atoms with Gasteiger partial charge in [-0.2, -0.15) is 4.98 Å². The van der Waals surface area contributed by atoms with E-state index in [1.807, 2.05) is 37.3 Å². The van der Waals surface area contributed by atoms with E-state index in [0.717, 1.165) is 5.69 Å². The van der Waals surface area contributed by atoms with Gasteiger partial charge in [-0.1, -0.05) is 18.2 Å². The van der Waals surface area contributed by atoms with Crippen molar-refractivity contribution in [3.05, 3.63) is 36.2 Å². The van der Waals surface area contributed by atoms with Crippen LogP contribution in [0.5, 0.6) is 5.88 Å². The van der Waals surface area contributed by atoms with Gasteiger partial charge in [-0.05, 0) is 19.1 Å². The number of aryl methyl sites for hydroxylation is 1. The van der Waals surface area contributed by atoms with E-state index in [1.54, 1.807) is 0 Å². The van der Waals surface area contributed by atoms with E-state index in [1.165, 1.54) is 0 Å². The Kier molecular flexibility index (Phi) is 2.33. The quantitative estimate of drug-likeness (QED) is 0.639. The van der Waals surface area contributed by atoms with Crippen molar-refractivity contribution in [2.75, 3.05) is 5.32 Å². The highest BCUT2D eigenvalue weighted by molar-refractivity contribution is 5.72. The first-order valence-corrected chi connectivity index (χ1v) is 5.48. The van der Waals surface area contributed by atoms with Crippen LogP contribution in [0.25, 0.3) is 11.3 Å². The van der Waals surface area contributed by atoms with Crippen LogP contribution in [0.2, 0.25) is 0 Å². The van der Waals surface area contributed by atoms with Crippen molar-refractivity contribution in [2.24, 2.45) is 0 Å². The molecule has 1 aromatic carbocycles. The summed E-state index contributed by atoms with van der Waals surface area (Å²) in [6, 6.07) is 9.46. The van der Waals surface area contributed by atoms with E-state index < -0.39 is 0 Å². The number of rotatable bonds is 2. The zero-order valence-electron chi connectivity index (χ0n) is 9.68. The summed E-state index contributed by atoms with van der Waals surface area (Å²) in [5.41, 5.74) is 1.78. The maximum atomic E-state index is 9.79. The van der Waals surface area contributed by atoms with Gasteiger partial charge >= 0.3 is 0 Å². The predicted molar refractivity (Wildman–Crippen MR) is 67.8 cm³/mol.